The Balaban J connectivity index is 2.73. The molecule has 0 bridgehead atoms. The van der Waals surface area contributed by atoms with Crippen LogP contribution in [0.15, 0.2) is 18.2 Å². The number of nitrogens with zero attached hydrogens (tertiary/aromatic N) is 2. The van der Waals surface area contributed by atoms with Crippen molar-refractivity contribution in [3.05, 3.63) is 23.9 Å². The average Bonchev–Trinajstić information content (AvgIpc) is 2.28. The Hall–Kier alpha value is -1.60. The molecule has 1 aromatic heterocycles. The minimum atomic E-state index is 0.200. The summed E-state index contributed by atoms with van der Waals surface area (Å²) in [5.41, 5.74) is 0.421. The zero-order chi connectivity index (χ0) is 12.0. The van der Waals surface area contributed by atoms with Crippen LogP contribution in [0.2, 0.25) is 0 Å². The molecule has 4 heteroatoms. The fraction of sp³-hybridized carbons (Fsp3) is 0.500. The number of hydrogen-bond acceptors (Lipinski definition) is 4. The van der Waals surface area contributed by atoms with Crippen LogP contribution in [0, 0.1) is 17.2 Å². The summed E-state index contributed by atoms with van der Waals surface area (Å²) >= 11 is 0. The van der Waals surface area contributed by atoms with E-state index < -0.39 is 0 Å². The van der Waals surface area contributed by atoms with Crippen LogP contribution >= 0.6 is 0 Å². The second kappa shape index (κ2) is 6.09. The van der Waals surface area contributed by atoms with Gasteiger partial charge in [0.05, 0.1) is 12.6 Å². The van der Waals surface area contributed by atoms with E-state index in [-0.39, 0.29) is 6.04 Å². The lowest BCUT2D eigenvalue weighted by molar-refractivity contribution is 0.171. The molecule has 0 saturated carbocycles. The fourth-order valence-electron chi connectivity index (χ4n) is 1.35. The number of aromatic nitrogens is 1. The van der Waals surface area contributed by atoms with Gasteiger partial charge in [-0.15, -0.1) is 0 Å². The lowest BCUT2D eigenvalue weighted by atomic mass is 10.1. The van der Waals surface area contributed by atoms with E-state index in [2.05, 4.69) is 24.1 Å². The number of methoxy groups -OCH3 is 1. The van der Waals surface area contributed by atoms with Gasteiger partial charge >= 0.3 is 0 Å². The molecule has 1 aromatic rings. The maximum atomic E-state index is 8.74. The van der Waals surface area contributed by atoms with E-state index in [0.29, 0.717) is 18.2 Å². The third-order valence-corrected chi connectivity index (χ3v) is 2.35. The fourth-order valence-corrected chi connectivity index (χ4v) is 1.35. The summed E-state index contributed by atoms with van der Waals surface area (Å²) in [4.78, 5) is 4.17. The standard InChI is InChI=1S/C12H17N3O/c1-9(2)11(8-16-3)15-12-6-4-5-10(7-13)14-12/h4-6,9,11H,8H2,1-3H3,(H,14,15). The lowest BCUT2D eigenvalue weighted by Gasteiger charge is -2.22. The molecule has 0 spiro atoms. The summed E-state index contributed by atoms with van der Waals surface area (Å²) in [7, 11) is 1.68. The van der Waals surface area contributed by atoms with Crippen molar-refractivity contribution in [1.82, 2.24) is 4.98 Å². The van der Waals surface area contributed by atoms with Crippen molar-refractivity contribution in [3.8, 4) is 6.07 Å². The summed E-state index contributed by atoms with van der Waals surface area (Å²) < 4.78 is 5.14. The Labute approximate surface area is 96.3 Å². The van der Waals surface area contributed by atoms with Crippen LogP contribution in [0.25, 0.3) is 0 Å². The van der Waals surface area contributed by atoms with Gasteiger partial charge in [0.1, 0.15) is 17.6 Å². The van der Waals surface area contributed by atoms with Crippen LogP contribution in [0.4, 0.5) is 5.82 Å². The van der Waals surface area contributed by atoms with Gasteiger partial charge in [0.15, 0.2) is 0 Å². The van der Waals surface area contributed by atoms with Gasteiger partial charge in [-0.1, -0.05) is 19.9 Å². The van der Waals surface area contributed by atoms with Crippen molar-refractivity contribution in [2.45, 2.75) is 19.9 Å². The average molecular weight is 219 g/mol. The van der Waals surface area contributed by atoms with Crippen molar-refractivity contribution in [3.63, 3.8) is 0 Å². The summed E-state index contributed by atoms with van der Waals surface area (Å²) in [6.07, 6.45) is 0. The molecule has 0 fully saturated rings. The summed E-state index contributed by atoms with van der Waals surface area (Å²) in [6, 6.07) is 7.58. The molecule has 0 saturated heterocycles. The maximum Gasteiger partial charge on any atom is 0.142 e. The van der Waals surface area contributed by atoms with Crippen molar-refractivity contribution >= 4 is 5.82 Å². The number of pyridine rings is 1. The van der Waals surface area contributed by atoms with Gasteiger partial charge in [-0.2, -0.15) is 5.26 Å². The van der Waals surface area contributed by atoms with Crippen molar-refractivity contribution < 1.29 is 4.74 Å². The SMILES string of the molecule is COCC(Nc1cccc(C#N)n1)C(C)C. The highest BCUT2D eigenvalue weighted by Crippen LogP contribution is 2.11. The molecule has 86 valence electrons. The molecule has 1 rings (SSSR count). The van der Waals surface area contributed by atoms with Crippen LogP contribution in [-0.2, 0) is 4.74 Å². The van der Waals surface area contributed by atoms with Gasteiger partial charge < -0.3 is 10.1 Å². The number of ether oxygens (including phenoxy) is 1. The Morgan fingerprint density at radius 2 is 2.25 bits per heavy atom. The molecule has 16 heavy (non-hydrogen) atoms. The lowest BCUT2D eigenvalue weighted by Crippen LogP contribution is -2.30. The molecular weight excluding hydrogens is 202 g/mol. The zero-order valence-corrected chi connectivity index (χ0v) is 9.90. The first-order valence-corrected chi connectivity index (χ1v) is 5.30. The molecule has 1 N–H and O–H groups in total. The summed E-state index contributed by atoms with van der Waals surface area (Å²) in [5, 5.41) is 12.0. The zero-order valence-electron chi connectivity index (χ0n) is 9.90. The van der Waals surface area contributed by atoms with E-state index in [1.54, 1.807) is 13.2 Å². The Bertz CT molecular complexity index is 371. The highest BCUT2D eigenvalue weighted by Gasteiger charge is 2.13. The molecule has 1 atom stereocenters. The van der Waals surface area contributed by atoms with E-state index in [1.165, 1.54) is 0 Å². The maximum absolute atomic E-state index is 8.74. The van der Waals surface area contributed by atoms with Crippen LogP contribution in [-0.4, -0.2) is 24.7 Å². The topological polar surface area (TPSA) is 57.9 Å². The first-order chi connectivity index (χ1) is 7.67. The normalized spacial score (nSPS) is 12.2. The van der Waals surface area contributed by atoms with Crippen LogP contribution in [0.3, 0.4) is 0 Å². The molecule has 0 radical (unpaired) electrons. The van der Waals surface area contributed by atoms with E-state index in [1.807, 2.05) is 18.2 Å². The van der Waals surface area contributed by atoms with Gasteiger partial charge in [-0.05, 0) is 18.1 Å². The van der Waals surface area contributed by atoms with Gasteiger partial charge in [0.25, 0.3) is 0 Å². The third-order valence-electron chi connectivity index (χ3n) is 2.35. The Morgan fingerprint density at radius 3 is 2.81 bits per heavy atom. The molecule has 1 heterocycles. The Morgan fingerprint density at radius 1 is 1.50 bits per heavy atom. The number of nitrogens with one attached hydrogen (secondary N) is 1. The monoisotopic (exact) mass is 219 g/mol. The first kappa shape index (κ1) is 12.5. The molecule has 0 amide bonds. The van der Waals surface area contributed by atoms with Gasteiger partial charge in [-0.25, -0.2) is 4.98 Å². The first-order valence-electron chi connectivity index (χ1n) is 5.30. The second-order valence-electron chi connectivity index (χ2n) is 3.97. The van der Waals surface area contributed by atoms with E-state index in [9.17, 15) is 0 Å². The molecule has 4 nitrogen and oxygen atoms in total. The number of nitriles is 1. The predicted octanol–water partition coefficient (Wildman–Crippen LogP) is 2.04. The van der Waals surface area contributed by atoms with Crippen LogP contribution in [0.1, 0.15) is 19.5 Å². The van der Waals surface area contributed by atoms with Crippen LogP contribution in [0.5, 0.6) is 0 Å². The number of anilines is 1. The minimum Gasteiger partial charge on any atom is -0.383 e. The van der Waals surface area contributed by atoms with E-state index in [4.69, 9.17) is 10.00 Å². The largest absolute Gasteiger partial charge is 0.383 e. The van der Waals surface area contributed by atoms with Gasteiger partial charge in [0, 0.05) is 7.11 Å². The van der Waals surface area contributed by atoms with Crippen molar-refractivity contribution in [1.29, 1.82) is 5.26 Å². The van der Waals surface area contributed by atoms with Crippen molar-refractivity contribution in [2.24, 2.45) is 5.92 Å². The molecule has 1 unspecified atom stereocenters. The molecule has 0 aliphatic heterocycles. The number of hydrogen-bond donors (Lipinski definition) is 1. The molecule has 0 aliphatic rings. The highest BCUT2D eigenvalue weighted by atomic mass is 16.5. The van der Waals surface area contributed by atoms with E-state index >= 15 is 0 Å². The van der Waals surface area contributed by atoms with Gasteiger partial charge in [0.2, 0.25) is 0 Å². The minimum absolute atomic E-state index is 0.200. The van der Waals surface area contributed by atoms with Crippen LogP contribution < -0.4 is 5.32 Å². The summed E-state index contributed by atoms with van der Waals surface area (Å²) in [5.74, 6) is 1.15. The van der Waals surface area contributed by atoms with Gasteiger partial charge in [-0.3, -0.25) is 0 Å². The third kappa shape index (κ3) is 3.52. The van der Waals surface area contributed by atoms with E-state index in [0.717, 1.165) is 5.82 Å². The Kier molecular flexibility index (Phi) is 4.74. The predicted molar refractivity (Wildman–Crippen MR) is 63.1 cm³/mol. The summed E-state index contributed by atoms with van der Waals surface area (Å²) in [6.45, 7) is 4.85. The second-order valence-corrected chi connectivity index (χ2v) is 3.97. The molecular formula is C12H17N3O. The molecule has 0 aliphatic carbocycles. The van der Waals surface area contributed by atoms with Crippen molar-refractivity contribution in [2.75, 3.05) is 19.0 Å². The number of rotatable bonds is 5. The smallest absolute Gasteiger partial charge is 0.142 e. The quantitative estimate of drug-likeness (QED) is 0.823. The highest BCUT2D eigenvalue weighted by molar-refractivity contribution is 5.39. The molecule has 0 aromatic carbocycles.